The lowest BCUT2D eigenvalue weighted by Gasteiger charge is -2.39. The number of para-hydroxylation sites is 1. The third-order valence-electron chi connectivity index (χ3n) is 5.41. The zero-order valence-electron chi connectivity index (χ0n) is 16.0. The van der Waals surface area contributed by atoms with Crippen LogP contribution in [-0.4, -0.2) is 17.6 Å². The molecule has 1 unspecified atom stereocenters. The highest BCUT2D eigenvalue weighted by Crippen LogP contribution is 2.48. The van der Waals surface area contributed by atoms with Crippen molar-refractivity contribution in [3.8, 4) is 17.0 Å². The number of halogens is 1. The average Bonchev–Trinajstić information content (AvgIpc) is 3.00. The summed E-state index contributed by atoms with van der Waals surface area (Å²) in [5, 5.41) is 5.67. The summed E-state index contributed by atoms with van der Waals surface area (Å²) >= 11 is 6.98. The predicted molar refractivity (Wildman–Crippen MR) is 111 cm³/mol. The fourth-order valence-corrected chi connectivity index (χ4v) is 4.80. The number of benzene rings is 2. The molecular weight excluding hydrogens is 344 g/mol. The van der Waals surface area contributed by atoms with E-state index in [2.05, 4.69) is 62.3 Å². The van der Waals surface area contributed by atoms with Gasteiger partial charge in [-0.05, 0) is 50.3 Å². The first kappa shape index (κ1) is 17.3. The van der Waals surface area contributed by atoms with E-state index in [-0.39, 0.29) is 5.54 Å². The fourth-order valence-electron chi connectivity index (χ4n) is 4.37. The number of nitrogens with one attached hydrogen (secondary N) is 2. The minimum atomic E-state index is 0.0782. The number of aryl methyl sites for hydroxylation is 1. The van der Waals surface area contributed by atoms with E-state index in [4.69, 9.17) is 16.3 Å². The van der Waals surface area contributed by atoms with E-state index < -0.39 is 0 Å². The summed E-state index contributed by atoms with van der Waals surface area (Å²) in [4.78, 5) is 3.37. The summed E-state index contributed by atoms with van der Waals surface area (Å²) in [6.07, 6.45) is 1.06. The molecule has 0 radical (unpaired) electrons. The van der Waals surface area contributed by atoms with Gasteiger partial charge < -0.3 is 15.0 Å². The molecule has 4 heteroatoms. The van der Waals surface area contributed by atoms with Crippen molar-refractivity contribution in [3.63, 3.8) is 0 Å². The highest BCUT2D eigenvalue weighted by molar-refractivity contribution is 6.35. The second-order valence-corrected chi connectivity index (χ2v) is 8.44. The Labute approximate surface area is 159 Å². The monoisotopic (exact) mass is 368 g/mol. The van der Waals surface area contributed by atoms with Crippen molar-refractivity contribution in [2.45, 2.75) is 45.6 Å². The highest BCUT2D eigenvalue weighted by atomic mass is 35.5. The van der Waals surface area contributed by atoms with Crippen molar-refractivity contribution in [1.82, 2.24) is 4.98 Å². The predicted octanol–water partition coefficient (Wildman–Crippen LogP) is 6.50. The van der Waals surface area contributed by atoms with Gasteiger partial charge in [-0.25, -0.2) is 0 Å². The number of anilines is 1. The third-order valence-corrected chi connectivity index (χ3v) is 5.82. The van der Waals surface area contributed by atoms with Gasteiger partial charge in [-0.1, -0.05) is 36.7 Å². The Kier molecular flexibility index (Phi) is 3.96. The number of fused-ring (bicyclic) bond motifs is 2. The van der Waals surface area contributed by atoms with E-state index in [0.717, 1.165) is 39.4 Å². The van der Waals surface area contributed by atoms with Gasteiger partial charge in [0, 0.05) is 33.8 Å². The Morgan fingerprint density at radius 2 is 1.96 bits per heavy atom. The van der Waals surface area contributed by atoms with Gasteiger partial charge in [0.15, 0.2) is 5.88 Å². The Bertz CT molecular complexity index is 1000. The van der Waals surface area contributed by atoms with Gasteiger partial charge in [0.05, 0.1) is 17.6 Å². The molecule has 2 heterocycles. The van der Waals surface area contributed by atoms with Crippen LogP contribution in [0.3, 0.4) is 0 Å². The van der Waals surface area contributed by atoms with Crippen molar-refractivity contribution in [1.29, 1.82) is 0 Å². The maximum absolute atomic E-state index is 6.98. The van der Waals surface area contributed by atoms with Crippen LogP contribution in [0.15, 0.2) is 30.3 Å². The quantitative estimate of drug-likeness (QED) is 0.541. The molecular formula is C22H25ClN2O. The van der Waals surface area contributed by atoms with Gasteiger partial charge in [-0.3, -0.25) is 0 Å². The first-order valence-corrected chi connectivity index (χ1v) is 9.46. The number of hydrogen-bond donors (Lipinski definition) is 2. The summed E-state index contributed by atoms with van der Waals surface area (Å²) in [6, 6.07) is 10.5. The topological polar surface area (TPSA) is 37.0 Å². The molecule has 1 aromatic heterocycles. The number of H-pyrrole nitrogens is 1. The van der Waals surface area contributed by atoms with Crippen LogP contribution < -0.4 is 10.1 Å². The Balaban J connectivity index is 1.96. The zero-order valence-corrected chi connectivity index (χ0v) is 16.7. The summed E-state index contributed by atoms with van der Waals surface area (Å²) in [6.45, 7) is 8.93. The molecule has 0 saturated heterocycles. The maximum Gasteiger partial charge on any atom is 0.191 e. The lowest BCUT2D eigenvalue weighted by atomic mass is 9.79. The largest absolute Gasteiger partial charge is 0.482 e. The molecule has 1 aliphatic rings. The fraction of sp³-hybridized carbons (Fsp3) is 0.364. The van der Waals surface area contributed by atoms with E-state index in [9.17, 15) is 0 Å². The van der Waals surface area contributed by atoms with Crippen molar-refractivity contribution >= 4 is 28.2 Å². The minimum Gasteiger partial charge on any atom is -0.482 e. The van der Waals surface area contributed by atoms with Gasteiger partial charge in [0.2, 0.25) is 0 Å². The van der Waals surface area contributed by atoms with Crippen LogP contribution in [0, 0.1) is 6.92 Å². The Morgan fingerprint density at radius 3 is 2.69 bits per heavy atom. The lowest BCUT2D eigenvalue weighted by molar-refractivity contribution is 0.401. The number of methoxy groups -OCH3 is 1. The molecule has 0 fully saturated rings. The molecule has 1 atom stereocenters. The van der Waals surface area contributed by atoms with Gasteiger partial charge in [-0.2, -0.15) is 0 Å². The summed E-state index contributed by atoms with van der Waals surface area (Å²) < 4.78 is 5.38. The standard InChI is InChI=1S/C22H25ClN2O/c1-12-9-16(15-8-6-7-14-10-17(26-5)24-21(14)15)19(23)18-13(2)11-22(3,4)25-20(12)18/h6-10,13,24-25H,11H2,1-5H3. The number of aromatic amines is 1. The molecule has 2 N–H and O–H groups in total. The second-order valence-electron chi connectivity index (χ2n) is 8.07. The molecule has 3 nitrogen and oxygen atoms in total. The summed E-state index contributed by atoms with van der Waals surface area (Å²) in [7, 11) is 1.68. The summed E-state index contributed by atoms with van der Waals surface area (Å²) in [5.74, 6) is 1.17. The first-order chi connectivity index (χ1) is 12.3. The molecule has 2 aromatic carbocycles. The molecule has 0 aliphatic carbocycles. The lowest BCUT2D eigenvalue weighted by Crippen LogP contribution is -2.37. The van der Waals surface area contributed by atoms with Crippen LogP contribution >= 0.6 is 11.6 Å². The third kappa shape index (κ3) is 2.66. The Hall–Kier alpha value is -2.13. The molecule has 0 spiro atoms. The number of hydrogen-bond acceptors (Lipinski definition) is 2. The Morgan fingerprint density at radius 1 is 1.19 bits per heavy atom. The number of ether oxygens (including phenoxy) is 1. The second kappa shape index (κ2) is 5.95. The first-order valence-electron chi connectivity index (χ1n) is 9.08. The van der Waals surface area contributed by atoms with Gasteiger partial charge in [0.25, 0.3) is 0 Å². The van der Waals surface area contributed by atoms with Crippen molar-refractivity contribution in [3.05, 3.63) is 46.5 Å². The summed E-state index contributed by atoms with van der Waals surface area (Å²) in [5.41, 5.74) is 6.98. The van der Waals surface area contributed by atoms with E-state index in [0.29, 0.717) is 5.92 Å². The normalized spacial score (nSPS) is 18.5. The van der Waals surface area contributed by atoms with E-state index in [1.54, 1.807) is 7.11 Å². The molecule has 0 saturated carbocycles. The molecule has 4 rings (SSSR count). The van der Waals surface area contributed by atoms with Crippen LogP contribution in [0.5, 0.6) is 5.88 Å². The van der Waals surface area contributed by atoms with Crippen molar-refractivity contribution in [2.24, 2.45) is 0 Å². The van der Waals surface area contributed by atoms with Crippen LogP contribution in [0.1, 0.15) is 44.2 Å². The van der Waals surface area contributed by atoms with E-state index >= 15 is 0 Å². The van der Waals surface area contributed by atoms with Gasteiger partial charge in [0.1, 0.15) is 0 Å². The molecule has 26 heavy (non-hydrogen) atoms. The molecule has 0 amide bonds. The van der Waals surface area contributed by atoms with E-state index in [1.165, 1.54) is 16.8 Å². The van der Waals surface area contributed by atoms with Crippen molar-refractivity contribution in [2.75, 3.05) is 12.4 Å². The molecule has 1 aliphatic heterocycles. The van der Waals surface area contributed by atoms with Gasteiger partial charge in [-0.15, -0.1) is 0 Å². The number of aromatic nitrogens is 1. The SMILES string of the molecule is COc1cc2cccc(-c3cc(C)c4c(c3Cl)C(C)CC(C)(C)N4)c2[nH]1. The zero-order chi connectivity index (χ0) is 18.6. The average molecular weight is 369 g/mol. The maximum atomic E-state index is 6.98. The highest BCUT2D eigenvalue weighted by Gasteiger charge is 2.33. The van der Waals surface area contributed by atoms with Crippen LogP contribution in [0.4, 0.5) is 5.69 Å². The minimum absolute atomic E-state index is 0.0782. The van der Waals surface area contributed by atoms with Crippen molar-refractivity contribution < 1.29 is 4.74 Å². The molecule has 3 aromatic rings. The molecule has 0 bridgehead atoms. The van der Waals surface area contributed by atoms with E-state index in [1.807, 2.05) is 6.07 Å². The van der Waals surface area contributed by atoms with Gasteiger partial charge >= 0.3 is 0 Å². The van der Waals surface area contributed by atoms with Crippen LogP contribution in [0.2, 0.25) is 5.02 Å². The molecule has 136 valence electrons. The van der Waals surface area contributed by atoms with Crippen LogP contribution in [0.25, 0.3) is 22.0 Å². The smallest absolute Gasteiger partial charge is 0.191 e. The number of rotatable bonds is 2. The van der Waals surface area contributed by atoms with Crippen LogP contribution in [-0.2, 0) is 0 Å².